The molecule has 0 aromatic heterocycles. The highest BCUT2D eigenvalue weighted by Crippen LogP contribution is 2.28. The van der Waals surface area contributed by atoms with Gasteiger partial charge in [0.05, 0.1) is 5.60 Å². The molecule has 0 aliphatic carbocycles. The lowest BCUT2D eigenvalue weighted by Gasteiger charge is -2.25. The van der Waals surface area contributed by atoms with Crippen LogP contribution in [0.3, 0.4) is 0 Å². The second kappa shape index (κ2) is 5.29. The van der Waals surface area contributed by atoms with Crippen LogP contribution < -0.4 is 0 Å². The molecule has 1 atom stereocenters. The number of benzene rings is 2. The van der Waals surface area contributed by atoms with E-state index in [2.05, 4.69) is 0 Å². The van der Waals surface area contributed by atoms with Gasteiger partial charge < -0.3 is 5.11 Å². The zero-order valence-electron chi connectivity index (χ0n) is 11.3. The predicted molar refractivity (Wildman–Crippen MR) is 70.8 cm³/mol. The lowest BCUT2D eigenvalue weighted by atomic mass is 9.87. The number of aryl methyl sites for hydroxylation is 1. The van der Waals surface area contributed by atoms with E-state index in [1.54, 1.807) is 13.0 Å². The third kappa shape index (κ3) is 3.20. The van der Waals surface area contributed by atoms with Crippen molar-refractivity contribution < 1.29 is 18.3 Å². The summed E-state index contributed by atoms with van der Waals surface area (Å²) in [5, 5.41) is 10.5. The second-order valence-corrected chi connectivity index (χ2v) is 5.18. The normalized spacial score (nSPS) is 14.1. The second-order valence-electron chi connectivity index (χ2n) is 5.18. The number of hydrogen-bond acceptors (Lipinski definition) is 1. The van der Waals surface area contributed by atoms with Gasteiger partial charge >= 0.3 is 0 Å². The van der Waals surface area contributed by atoms with Crippen molar-refractivity contribution in [2.45, 2.75) is 25.9 Å². The standard InChI is InChI=1S/C16H15F3O/c1-10-5-13(17)4-3-11(10)9-16(2,20)12-6-14(18)8-15(19)7-12/h3-8,20H,9H2,1-2H3. The van der Waals surface area contributed by atoms with Gasteiger partial charge in [0, 0.05) is 12.5 Å². The summed E-state index contributed by atoms with van der Waals surface area (Å²) in [7, 11) is 0. The molecule has 106 valence electrons. The van der Waals surface area contributed by atoms with E-state index in [0.29, 0.717) is 5.56 Å². The molecule has 0 saturated heterocycles. The van der Waals surface area contributed by atoms with Crippen LogP contribution in [-0.2, 0) is 12.0 Å². The van der Waals surface area contributed by atoms with E-state index in [0.717, 1.165) is 23.8 Å². The molecule has 2 rings (SSSR count). The Morgan fingerprint density at radius 1 is 0.950 bits per heavy atom. The van der Waals surface area contributed by atoms with Crippen LogP contribution in [0.15, 0.2) is 36.4 Å². The van der Waals surface area contributed by atoms with Gasteiger partial charge in [0.2, 0.25) is 0 Å². The summed E-state index contributed by atoms with van der Waals surface area (Å²) in [4.78, 5) is 0. The van der Waals surface area contributed by atoms with Crippen LogP contribution in [0.1, 0.15) is 23.6 Å². The van der Waals surface area contributed by atoms with Crippen molar-refractivity contribution in [3.8, 4) is 0 Å². The highest BCUT2D eigenvalue weighted by atomic mass is 19.1. The van der Waals surface area contributed by atoms with E-state index in [1.165, 1.54) is 19.1 Å². The number of rotatable bonds is 3. The molecule has 0 fully saturated rings. The number of hydrogen-bond donors (Lipinski definition) is 1. The molecule has 1 nitrogen and oxygen atoms in total. The lowest BCUT2D eigenvalue weighted by Crippen LogP contribution is -2.25. The highest BCUT2D eigenvalue weighted by Gasteiger charge is 2.25. The van der Waals surface area contributed by atoms with Gasteiger partial charge in [-0.3, -0.25) is 0 Å². The summed E-state index contributed by atoms with van der Waals surface area (Å²) >= 11 is 0. The van der Waals surface area contributed by atoms with Gasteiger partial charge in [0.25, 0.3) is 0 Å². The zero-order chi connectivity index (χ0) is 14.9. The van der Waals surface area contributed by atoms with Crippen molar-refractivity contribution in [1.82, 2.24) is 0 Å². The maximum absolute atomic E-state index is 13.2. The van der Waals surface area contributed by atoms with Crippen LogP contribution in [0.4, 0.5) is 13.2 Å². The number of halogens is 3. The topological polar surface area (TPSA) is 20.2 Å². The maximum atomic E-state index is 13.2. The molecule has 2 aromatic carbocycles. The first kappa shape index (κ1) is 14.6. The smallest absolute Gasteiger partial charge is 0.126 e. The zero-order valence-corrected chi connectivity index (χ0v) is 11.3. The Hall–Kier alpha value is -1.81. The minimum Gasteiger partial charge on any atom is -0.385 e. The van der Waals surface area contributed by atoms with E-state index in [4.69, 9.17) is 0 Å². The van der Waals surface area contributed by atoms with Gasteiger partial charge in [-0.1, -0.05) is 6.07 Å². The first-order valence-corrected chi connectivity index (χ1v) is 6.22. The summed E-state index contributed by atoms with van der Waals surface area (Å²) in [5.74, 6) is -1.84. The summed E-state index contributed by atoms with van der Waals surface area (Å²) in [6, 6.07) is 7.17. The van der Waals surface area contributed by atoms with Crippen molar-refractivity contribution in [3.05, 3.63) is 70.5 Å². The van der Waals surface area contributed by atoms with E-state index in [-0.39, 0.29) is 17.8 Å². The van der Waals surface area contributed by atoms with Crippen molar-refractivity contribution >= 4 is 0 Å². The number of aliphatic hydroxyl groups is 1. The van der Waals surface area contributed by atoms with Gasteiger partial charge in [-0.15, -0.1) is 0 Å². The van der Waals surface area contributed by atoms with Gasteiger partial charge in [-0.05, 0) is 54.8 Å². The highest BCUT2D eigenvalue weighted by molar-refractivity contribution is 5.31. The molecule has 1 N–H and O–H groups in total. The van der Waals surface area contributed by atoms with Crippen LogP contribution in [0.2, 0.25) is 0 Å². The van der Waals surface area contributed by atoms with Crippen LogP contribution in [-0.4, -0.2) is 5.11 Å². The monoisotopic (exact) mass is 280 g/mol. The van der Waals surface area contributed by atoms with Crippen molar-refractivity contribution in [2.24, 2.45) is 0 Å². The van der Waals surface area contributed by atoms with Gasteiger partial charge in [0.15, 0.2) is 0 Å². The average Bonchev–Trinajstić information content (AvgIpc) is 2.31. The molecule has 0 aliphatic heterocycles. The molecule has 0 radical (unpaired) electrons. The predicted octanol–water partition coefficient (Wildman–Crippen LogP) is 3.86. The Kier molecular flexibility index (Phi) is 3.86. The van der Waals surface area contributed by atoms with Crippen LogP contribution in [0.5, 0.6) is 0 Å². The molecular weight excluding hydrogens is 265 g/mol. The van der Waals surface area contributed by atoms with Crippen molar-refractivity contribution in [1.29, 1.82) is 0 Å². The van der Waals surface area contributed by atoms with Gasteiger partial charge in [0.1, 0.15) is 17.5 Å². The fourth-order valence-corrected chi connectivity index (χ4v) is 2.20. The molecule has 1 unspecified atom stereocenters. The van der Waals surface area contributed by atoms with Crippen LogP contribution in [0, 0.1) is 24.4 Å². The van der Waals surface area contributed by atoms with E-state index < -0.39 is 17.2 Å². The third-order valence-corrected chi connectivity index (χ3v) is 3.32. The fourth-order valence-electron chi connectivity index (χ4n) is 2.20. The molecule has 2 aromatic rings. The Labute approximate surface area is 115 Å². The first-order valence-electron chi connectivity index (χ1n) is 6.22. The largest absolute Gasteiger partial charge is 0.385 e. The molecule has 0 heterocycles. The molecular formula is C16H15F3O. The average molecular weight is 280 g/mol. The van der Waals surface area contributed by atoms with E-state index in [9.17, 15) is 18.3 Å². The van der Waals surface area contributed by atoms with Gasteiger partial charge in [-0.2, -0.15) is 0 Å². The summed E-state index contributed by atoms with van der Waals surface area (Å²) in [6.07, 6.45) is 0.141. The molecule has 0 bridgehead atoms. The Morgan fingerprint density at radius 3 is 2.10 bits per heavy atom. The summed E-state index contributed by atoms with van der Waals surface area (Å²) < 4.78 is 39.5. The SMILES string of the molecule is Cc1cc(F)ccc1CC(C)(O)c1cc(F)cc(F)c1. The summed E-state index contributed by atoms with van der Waals surface area (Å²) in [5.41, 5.74) is 0.118. The molecule has 0 saturated carbocycles. The van der Waals surface area contributed by atoms with E-state index in [1.807, 2.05) is 0 Å². The minimum atomic E-state index is -1.44. The Morgan fingerprint density at radius 2 is 1.55 bits per heavy atom. The Balaban J connectivity index is 2.34. The lowest BCUT2D eigenvalue weighted by molar-refractivity contribution is 0.0567. The van der Waals surface area contributed by atoms with Crippen molar-refractivity contribution in [3.63, 3.8) is 0 Å². The molecule has 0 aliphatic rings. The fraction of sp³-hybridized carbons (Fsp3) is 0.250. The third-order valence-electron chi connectivity index (χ3n) is 3.32. The molecule has 0 amide bonds. The summed E-state index contributed by atoms with van der Waals surface area (Å²) in [6.45, 7) is 3.20. The van der Waals surface area contributed by atoms with Crippen LogP contribution in [0.25, 0.3) is 0 Å². The molecule has 0 spiro atoms. The van der Waals surface area contributed by atoms with Crippen LogP contribution >= 0.6 is 0 Å². The quantitative estimate of drug-likeness (QED) is 0.905. The minimum absolute atomic E-state index is 0.141. The van der Waals surface area contributed by atoms with Gasteiger partial charge in [-0.25, -0.2) is 13.2 Å². The molecule has 4 heteroatoms. The van der Waals surface area contributed by atoms with Crippen molar-refractivity contribution in [2.75, 3.05) is 0 Å². The molecule has 20 heavy (non-hydrogen) atoms. The Bertz CT molecular complexity index is 615. The van der Waals surface area contributed by atoms with E-state index >= 15 is 0 Å². The first-order chi connectivity index (χ1) is 9.28. The maximum Gasteiger partial charge on any atom is 0.126 e.